The maximum Gasteiger partial charge on any atom is 0.416 e. The molecule has 0 radical (unpaired) electrons. The Bertz CT molecular complexity index is 416. The van der Waals surface area contributed by atoms with Gasteiger partial charge in [0.15, 0.2) is 0 Å². The Morgan fingerprint density at radius 1 is 1.21 bits per heavy atom. The molecule has 1 heterocycles. The highest BCUT2D eigenvalue weighted by molar-refractivity contribution is 5.47. The minimum atomic E-state index is -4.41. The fourth-order valence-corrected chi connectivity index (χ4v) is 1.70. The van der Waals surface area contributed by atoms with Crippen LogP contribution < -0.4 is 11.1 Å². The van der Waals surface area contributed by atoms with Gasteiger partial charge in [-0.15, -0.1) is 0 Å². The second-order valence-electron chi connectivity index (χ2n) is 5.18. The minimum absolute atomic E-state index is 0.0535. The number of nitrogens with one attached hydrogen (secondary N) is 1. The van der Waals surface area contributed by atoms with E-state index < -0.39 is 11.7 Å². The summed E-state index contributed by atoms with van der Waals surface area (Å²) in [6.45, 7) is 6.13. The lowest BCUT2D eigenvalue weighted by atomic mass is 10.0. The molecule has 0 bridgehead atoms. The highest BCUT2D eigenvalue weighted by atomic mass is 19.4. The van der Waals surface area contributed by atoms with Crippen molar-refractivity contribution in [3.63, 3.8) is 0 Å². The van der Waals surface area contributed by atoms with Crippen LogP contribution in [0.1, 0.15) is 39.2 Å². The first kappa shape index (κ1) is 15.6. The fourth-order valence-electron chi connectivity index (χ4n) is 1.70. The number of nitrogen functional groups attached to an aromatic ring is 1. The lowest BCUT2D eigenvalue weighted by Gasteiger charge is -2.17. The molecular formula is C13H20F3N3. The summed E-state index contributed by atoms with van der Waals surface area (Å²) in [5, 5.41) is 2.96. The standard InChI is InChI=1S/C13H20F3N3/c1-8(2)4-5-9(3)18-12-7-10(13(14,15)16)6-11(17)19-12/h6-9H,4-5H2,1-3H3,(H3,17,18,19). The molecule has 1 atom stereocenters. The molecule has 1 unspecified atom stereocenters. The Hall–Kier alpha value is -1.46. The van der Waals surface area contributed by atoms with Crippen molar-refractivity contribution in [2.75, 3.05) is 11.1 Å². The maximum absolute atomic E-state index is 12.6. The number of anilines is 2. The normalized spacial score (nSPS) is 13.6. The van der Waals surface area contributed by atoms with Gasteiger partial charge in [0.25, 0.3) is 0 Å². The van der Waals surface area contributed by atoms with Crippen molar-refractivity contribution >= 4 is 11.6 Å². The lowest BCUT2D eigenvalue weighted by Crippen LogP contribution is -2.18. The van der Waals surface area contributed by atoms with E-state index in [1.807, 2.05) is 6.92 Å². The molecule has 0 saturated heterocycles. The summed E-state index contributed by atoms with van der Waals surface area (Å²) in [5.41, 5.74) is 4.62. The van der Waals surface area contributed by atoms with Crippen LogP contribution >= 0.6 is 0 Å². The molecule has 1 aromatic rings. The fraction of sp³-hybridized carbons (Fsp3) is 0.615. The van der Waals surface area contributed by atoms with Gasteiger partial charge >= 0.3 is 6.18 Å². The third-order valence-corrected chi connectivity index (χ3v) is 2.74. The van der Waals surface area contributed by atoms with E-state index in [1.165, 1.54) is 0 Å². The number of halogens is 3. The number of alkyl halides is 3. The Morgan fingerprint density at radius 3 is 2.37 bits per heavy atom. The topological polar surface area (TPSA) is 50.9 Å². The molecule has 108 valence electrons. The molecule has 0 aliphatic heterocycles. The van der Waals surface area contributed by atoms with Crippen LogP contribution in [0.5, 0.6) is 0 Å². The summed E-state index contributed by atoms with van der Waals surface area (Å²) in [6, 6.07) is 1.88. The van der Waals surface area contributed by atoms with Crippen LogP contribution in [0.15, 0.2) is 12.1 Å². The van der Waals surface area contributed by atoms with Gasteiger partial charge in [-0.3, -0.25) is 0 Å². The predicted octanol–water partition coefficient (Wildman–Crippen LogP) is 3.92. The van der Waals surface area contributed by atoms with Gasteiger partial charge in [-0.1, -0.05) is 13.8 Å². The van der Waals surface area contributed by atoms with E-state index in [0.717, 1.165) is 25.0 Å². The number of aromatic nitrogens is 1. The first-order valence-electron chi connectivity index (χ1n) is 6.29. The number of rotatable bonds is 5. The molecule has 0 amide bonds. The molecule has 0 aliphatic carbocycles. The Labute approximate surface area is 111 Å². The zero-order chi connectivity index (χ0) is 14.6. The van der Waals surface area contributed by atoms with Gasteiger partial charge in [-0.05, 0) is 37.8 Å². The van der Waals surface area contributed by atoms with Crippen LogP contribution in [-0.2, 0) is 6.18 Å². The minimum Gasteiger partial charge on any atom is -0.384 e. The van der Waals surface area contributed by atoms with E-state index in [4.69, 9.17) is 5.73 Å². The molecule has 0 aromatic carbocycles. The van der Waals surface area contributed by atoms with E-state index in [9.17, 15) is 13.2 Å². The summed E-state index contributed by atoms with van der Waals surface area (Å²) in [7, 11) is 0. The quantitative estimate of drug-likeness (QED) is 0.856. The second-order valence-corrected chi connectivity index (χ2v) is 5.18. The van der Waals surface area contributed by atoms with Crippen molar-refractivity contribution in [1.82, 2.24) is 4.98 Å². The first-order valence-corrected chi connectivity index (χ1v) is 6.29. The summed E-state index contributed by atoms with van der Waals surface area (Å²) < 4.78 is 37.9. The summed E-state index contributed by atoms with van der Waals surface area (Å²) in [6.07, 6.45) is -2.53. The van der Waals surface area contributed by atoms with E-state index in [-0.39, 0.29) is 17.7 Å². The van der Waals surface area contributed by atoms with E-state index >= 15 is 0 Å². The lowest BCUT2D eigenvalue weighted by molar-refractivity contribution is -0.137. The number of hydrogen-bond acceptors (Lipinski definition) is 3. The Morgan fingerprint density at radius 2 is 1.84 bits per heavy atom. The van der Waals surface area contributed by atoms with Crippen LogP contribution in [-0.4, -0.2) is 11.0 Å². The monoisotopic (exact) mass is 275 g/mol. The number of pyridine rings is 1. The summed E-state index contributed by atoms with van der Waals surface area (Å²) in [5.74, 6) is 0.598. The third kappa shape index (κ3) is 5.36. The molecule has 0 spiro atoms. The molecule has 3 N–H and O–H groups in total. The molecule has 0 saturated carbocycles. The molecule has 1 aromatic heterocycles. The zero-order valence-corrected chi connectivity index (χ0v) is 11.4. The molecule has 6 heteroatoms. The van der Waals surface area contributed by atoms with Gasteiger partial charge < -0.3 is 11.1 Å². The smallest absolute Gasteiger partial charge is 0.384 e. The largest absolute Gasteiger partial charge is 0.416 e. The summed E-state index contributed by atoms with van der Waals surface area (Å²) >= 11 is 0. The van der Waals surface area contributed by atoms with E-state index in [0.29, 0.717) is 5.92 Å². The van der Waals surface area contributed by atoms with Crippen molar-refractivity contribution in [1.29, 1.82) is 0 Å². The average Bonchev–Trinajstić information content (AvgIpc) is 2.24. The van der Waals surface area contributed by atoms with Crippen LogP contribution in [0.4, 0.5) is 24.8 Å². The van der Waals surface area contributed by atoms with Crippen LogP contribution in [0.25, 0.3) is 0 Å². The third-order valence-electron chi connectivity index (χ3n) is 2.74. The van der Waals surface area contributed by atoms with Gasteiger partial charge in [0.1, 0.15) is 11.6 Å². The molecular weight excluding hydrogens is 255 g/mol. The first-order chi connectivity index (χ1) is 8.68. The van der Waals surface area contributed by atoms with E-state index in [1.54, 1.807) is 0 Å². The van der Waals surface area contributed by atoms with Crippen molar-refractivity contribution in [3.8, 4) is 0 Å². The van der Waals surface area contributed by atoms with Crippen molar-refractivity contribution in [2.24, 2.45) is 5.92 Å². The number of nitrogens with two attached hydrogens (primary N) is 1. The highest BCUT2D eigenvalue weighted by Crippen LogP contribution is 2.31. The van der Waals surface area contributed by atoms with Gasteiger partial charge in [-0.25, -0.2) is 4.98 Å². The number of nitrogens with zero attached hydrogens (tertiary/aromatic N) is 1. The Balaban J connectivity index is 2.76. The SMILES string of the molecule is CC(C)CCC(C)Nc1cc(C(F)(F)F)cc(N)n1. The van der Waals surface area contributed by atoms with E-state index in [2.05, 4.69) is 24.1 Å². The highest BCUT2D eigenvalue weighted by Gasteiger charge is 2.31. The van der Waals surface area contributed by atoms with Gasteiger partial charge in [-0.2, -0.15) is 13.2 Å². The van der Waals surface area contributed by atoms with Crippen molar-refractivity contribution in [3.05, 3.63) is 17.7 Å². The summed E-state index contributed by atoms with van der Waals surface area (Å²) in [4.78, 5) is 3.88. The van der Waals surface area contributed by atoms with Gasteiger partial charge in [0.2, 0.25) is 0 Å². The zero-order valence-electron chi connectivity index (χ0n) is 11.4. The molecule has 0 aliphatic rings. The maximum atomic E-state index is 12.6. The molecule has 3 nitrogen and oxygen atoms in total. The van der Waals surface area contributed by atoms with Crippen molar-refractivity contribution in [2.45, 2.75) is 45.8 Å². The van der Waals surface area contributed by atoms with Crippen LogP contribution in [0.3, 0.4) is 0 Å². The predicted molar refractivity (Wildman–Crippen MR) is 70.8 cm³/mol. The van der Waals surface area contributed by atoms with Gasteiger partial charge in [0, 0.05) is 6.04 Å². The molecule has 1 rings (SSSR count). The Kier molecular flexibility index (Phi) is 5.03. The second kappa shape index (κ2) is 6.12. The molecule has 0 fully saturated rings. The van der Waals surface area contributed by atoms with Crippen LogP contribution in [0, 0.1) is 5.92 Å². The van der Waals surface area contributed by atoms with Crippen LogP contribution in [0.2, 0.25) is 0 Å². The van der Waals surface area contributed by atoms with Crippen molar-refractivity contribution < 1.29 is 13.2 Å². The average molecular weight is 275 g/mol. The molecule has 19 heavy (non-hydrogen) atoms. The van der Waals surface area contributed by atoms with Gasteiger partial charge in [0.05, 0.1) is 5.56 Å². The number of hydrogen-bond donors (Lipinski definition) is 2.